The Morgan fingerprint density at radius 1 is 1.19 bits per heavy atom. The Bertz CT molecular complexity index is 1070. The predicted octanol–water partition coefficient (Wildman–Crippen LogP) is 2.20. The number of aromatic amines is 1. The standard InChI is InChI=1S/C19H18N6O/c1-24(12-17-22-16-5-3-2-4-15(16)19(26)23-17)18-7-6-14(10-21-18)11-25-9-8-20-13-25/h2-10,13H,11-12H2,1H3,(H,22,23,26). The second kappa shape index (κ2) is 6.79. The Kier molecular flexibility index (Phi) is 4.18. The van der Waals surface area contributed by atoms with Gasteiger partial charge in [0.2, 0.25) is 0 Å². The number of hydrogen-bond donors (Lipinski definition) is 1. The molecular weight excluding hydrogens is 328 g/mol. The summed E-state index contributed by atoms with van der Waals surface area (Å²) in [5, 5.41) is 0.598. The number of pyridine rings is 1. The van der Waals surface area contributed by atoms with Gasteiger partial charge in [0.15, 0.2) is 0 Å². The van der Waals surface area contributed by atoms with Crippen LogP contribution in [0.25, 0.3) is 10.9 Å². The first-order valence-electron chi connectivity index (χ1n) is 8.29. The molecule has 3 aromatic heterocycles. The summed E-state index contributed by atoms with van der Waals surface area (Å²) in [4.78, 5) is 30.1. The highest BCUT2D eigenvalue weighted by molar-refractivity contribution is 5.77. The molecule has 0 fully saturated rings. The minimum Gasteiger partial charge on any atom is -0.352 e. The Hall–Kier alpha value is -3.48. The molecule has 0 radical (unpaired) electrons. The molecule has 0 atom stereocenters. The van der Waals surface area contributed by atoms with Crippen LogP contribution in [0.1, 0.15) is 11.4 Å². The SMILES string of the molecule is CN(Cc1nc2ccccc2c(=O)[nH]1)c1ccc(Cn2ccnc2)cn1. The van der Waals surface area contributed by atoms with Crippen molar-refractivity contribution in [3.05, 3.63) is 83.1 Å². The third-order valence-electron chi connectivity index (χ3n) is 4.17. The van der Waals surface area contributed by atoms with Gasteiger partial charge in [0.05, 0.1) is 23.8 Å². The van der Waals surface area contributed by atoms with Gasteiger partial charge in [-0.3, -0.25) is 4.79 Å². The number of anilines is 1. The molecule has 1 N–H and O–H groups in total. The highest BCUT2D eigenvalue weighted by atomic mass is 16.1. The first kappa shape index (κ1) is 16.0. The van der Waals surface area contributed by atoms with E-state index in [1.807, 2.05) is 59.2 Å². The van der Waals surface area contributed by atoms with Crippen molar-refractivity contribution in [2.75, 3.05) is 11.9 Å². The van der Waals surface area contributed by atoms with Crippen LogP contribution in [0.5, 0.6) is 0 Å². The fraction of sp³-hybridized carbons (Fsp3) is 0.158. The fourth-order valence-electron chi connectivity index (χ4n) is 2.84. The van der Waals surface area contributed by atoms with Gasteiger partial charge in [0, 0.05) is 32.2 Å². The molecule has 0 amide bonds. The van der Waals surface area contributed by atoms with Gasteiger partial charge in [-0.1, -0.05) is 18.2 Å². The highest BCUT2D eigenvalue weighted by Gasteiger charge is 2.08. The quantitative estimate of drug-likeness (QED) is 0.599. The van der Waals surface area contributed by atoms with Crippen LogP contribution in [-0.2, 0) is 13.1 Å². The van der Waals surface area contributed by atoms with Crippen molar-refractivity contribution >= 4 is 16.7 Å². The maximum atomic E-state index is 12.2. The number of rotatable bonds is 5. The molecule has 3 heterocycles. The largest absolute Gasteiger partial charge is 0.352 e. The summed E-state index contributed by atoms with van der Waals surface area (Å²) in [6.07, 6.45) is 7.30. The lowest BCUT2D eigenvalue weighted by Crippen LogP contribution is -2.22. The van der Waals surface area contributed by atoms with Crippen molar-refractivity contribution in [1.82, 2.24) is 24.5 Å². The number of fused-ring (bicyclic) bond motifs is 1. The van der Waals surface area contributed by atoms with Gasteiger partial charge in [0.25, 0.3) is 5.56 Å². The molecule has 0 aliphatic carbocycles. The van der Waals surface area contributed by atoms with Crippen LogP contribution in [-0.4, -0.2) is 31.6 Å². The summed E-state index contributed by atoms with van der Waals surface area (Å²) in [5.74, 6) is 1.43. The van der Waals surface area contributed by atoms with E-state index in [1.54, 1.807) is 18.6 Å². The number of imidazole rings is 1. The predicted molar refractivity (Wildman–Crippen MR) is 100 cm³/mol. The number of hydrogen-bond acceptors (Lipinski definition) is 5. The number of nitrogens with one attached hydrogen (secondary N) is 1. The zero-order valence-electron chi connectivity index (χ0n) is 14.3. The minimum atomic E-state index is -0.123. The van der Waals surface area contributed by atoms with Gasteiger partial charge in [-0.15, -0.1) is 0 Å². The van der Waals surface area contributed by atoms with E-state index in [9.17, 15) is 4.79 Å². The van der Waals surface area contributed by atoms with Crippen molar-refractivity contribution in [3.63, 3.8) is 0 Å². The topological polar surface area (TPSA) is 79.7 Å². The van der Waals surface area contributed by atoms with Gasteiger partial charge in [0.1, 0.15) is 11.6 Å². The molecule has 1 aromatic carbocycles. The van der Waals surface area contributed by atoms with Crippen LogP contribution in [0.3, 0.4) is 0 Å². The summed E-state index contributed by atoms with van der Waals surface area (Å²) in [6.45, 7) is 1.20. The molecule has 0 aliphatic heterocycles. The van der Waals surface area contributed by atoms with E-state index in [0.29, 0.717) is 23.3 Å². The zero-order chi connectivity index (χ0) is 17.9. The molecule has 4 aromatic rings. The van der Waals surface area contributed by atoms with Crippen molar-refractivity contribution < 1.29 is 0 Å². The second-order valence-corrected chi connectivity index (χ2v) is 6.15. The lowest BCUT2D eigenvalue weighted by atomic mass is 10.2. The lowest BCUT2D eigenvalue weighted by Gasteiger charge is -2.18. The number of para-hydroxylation sites is 1. The molecule has 130 valence electrons. The number of H-pyrrole nitrogens is 1. The van der Waals surface area contributed by atoms with Crippen molar-refractivity contribution in [3.8, 4) is 0 Å². The molecule has 0 bridgehead atoms. The number of benzene rings is 1. The number of aromatic nitrogens is 5. The average molecular weight is 346 g/mol. The van der Waals surface area contributed by atoms with Gasteiger partial charge in [-0.2, -0.15) is 0 Å². The summed E-state index contributed by atoms with van der Waals surface area (Å²) in [6, 6.07) is 11.3. The molecular formula is C19H18N6O. The van der Waals surface area contributed by atoms with Gasteiger partial charge in [-0.05, 0) is 23.8 Å². The van der Waals surface area contributed by atoms with E-state index in [4.69, 9.17) is 0 Å². The van der Waals surface area contributed by atoms with Crippen LogP contribution in [0, 0.1) is 0 Å². The maximum absolute atomic E-state index is 12.2. The first-order chi connectivity index (χ1) is 12.7. The van der Waals surface area contributed by atoms with Crippen LogP contribution >= 0.6 is 0 Å². The monoisotopic (exact) mass is 346 g/mol. The zero-order valence-corrected chi connectivity index (χ0v) is 14.3. The lowest BCUT2D eigenvalue weighted by molar-refractivity contribution is 0.788. The van der Waals surface area contributed by atoms with Gasteiger partial charge >= 0.3 is 0 Å². The molecule has 26 heavy (non-hydrogen) atoms. The smallest absolute Gasteiger partial charge is 0.258 e. The summed E-state index contributed by atoms with van der Waals surface area (Å²) in [5.41, 5.74) is 1.67. The average Bonchev–Trinajstić information content (AvgIpc) is 3.15. The molecule has 0 aliphatic rings. The molecule has 0 saturated heterocycles. The van der Waals surface area contributed by atoms with E-state index >= 15 is 0 Å². The van der Waals surface area contributed by atoms with E-state index in [2.05, 4.69) is 19.9 Å². The summed E-state index contributed by atoms with van der Waals surface area (Å²) < 4.78 is 1.99. The summed E-state index contributed by atoms with van der Waals surface area (Å²) >= 11 is 0. The van der Waals surface area contributed by atoms with Crippen LogP contribution in [0.2, 0.25) is 0 Å². The van der Waals surface area contributed by atoms with Crippen LogP contribution < -0.4 is 10.5 Å². The third-order valence-corrected chi connectivity index (χ3v) is 4.17. The second-order valence-electron chi connectivity index (χ2n) is 6.15. The fourth-order valence-corrected chi connectivity index (χ4v) is 2.84. The van der Waals surface area contributed by atoms with E-state index in [1.165, 1.54) is 0 Å². The minimum absolute atomic E-state index is 0.123. The molecule has 4 rings (SSSR count). The normalized spacial score (nSPS) is 11.0. The van der Waals surface area contributed by atoms with E-state index in [-0.39, 0.29) is 5.56 Å². The number of nitrogens with zero attached hydrogens (tertiary/aromatic N) is 5. The van der Waals surface area contributed by atoms with Gasteiger partial charge < -0.3 is 14.5 Å². The van der Waals surface area contributed by atoms with Gasteiger partial charge in [-0.25, -0.2) is 15.0 Å². The Labute approximate surface area is 150 Å². The molecule has 0 saturated carbocycles. The van der Waals surface area contributed by atoms with Crippen molar-refractivity contribution in [2.24, 2.45) is 0 Å². The highest BCUT2D eigenvalue weighted by Crippen LogP contribution is 2.13. The molecule has 7 heteroatoms. The van der Waals surface area contributed by atoms with Crippen molar-refractivity contribution in [2.45, 2.75) is 13.1 Å². The Morgan fingerprint density at radius 3 is 2.85 bits per heavy atom. The molecule has 7 nitrogen and oxygen atoms in total. The first-order valence-corrected chi connectivity index (χ1v) is 8.29. The Balaban J connectivity index is 1.51. The molecule has 0 unspecified atom stereocenters. The molecule has 0 spiro atoms. The van der Waals surface area contributed by atoms with Crippen LogP contribution in [0.4, 0.5) is 5.82 Å². The van der Waals surface area contributed by atoms with E-state index < -0.39 is 0 Å². The van der Waals surface area contributed by atoms with Crippen LogP contribution in [0.15, 0.2) is 66.1 Å². The maximum Gasteiger partial charge on any atom is 0.258 e. The Morgan fingerprint density at radius 2 is 2.08 bits per heavy atom. The summed E-state index contributed by atoms with van der Waals surface area (Å²) in [7, 11) is 1.92. The third kappa shape index (κ3) is 3.32. The van der Waals surface area contributed by atoms with Crippen molar-refractivity contribution in [1.29, 1.82) is 0 Å². The van der Waals surface area contributed by atoms with E-state index in [0.717, 1.165) is 17.9 Å².